The van der Waals surface area contributed by atoms with E-state index in [9.17, 15) is 16.8 Å². The van der Waals surface area contributed by atoms with Crippen LogP contribution in [0, 0.1) is 0 Å². The number of H-pyrrole nitrogens is 2. The smallest absolute Gasteiger partial charge is 0.212 e. The molecule has 4 aromatic heterocycles. The molecule has 10 rings (SSSR count). The molecule has 316 valence electrons. The number of ether oxygens (including phenoxy) is 2. The molecule has 18 heteroatoms. The number of fused-ring (bicyclic) bond motifs is 2. The van der Waals surface area contributed by atoms with E-state index < -0.39 is 19.7 Å². The van der Waals surface area contributed by atoms with Crippen LogP contribution in [0.3, 0.4) is 0 Å². The Balaban J connectivity index is 0.000000158. The standard InChI is InChI=1S/2C22H21N5O3S/c2*23-21-20(31(28,29)16-9-5-2-6-10-16)18-19(26-21)22(25-14-24-18)27-11-12-30-17(13-27)15-7-3-1-4-8-15/h2*1-10,14,17,26H,11-13,23H2/t2*17-/m10/s1. The average Bonchev–Trinajstić information content (AvgIpc) is 3.86. The normalized spacial score (nSPS) is 17.2. The molecule has 6 N–H and O–H groups in total. The quantitative estimate of drug-likeness (QED) is 0.139. The van der Waals surface area contributed by atoms with E-state index in [-0.39, 0.29) is 54.5 Å². The lowest BCUT2D eigenvalue weighted by Crippen LogP contribution is -2.39. The Kier molecular flexibility index (Phi) is 11.0. The summed E-state index contributed by atoms with van der Waals surface area (Å²) in [6.07, 6.45) is 2.53. The minimum Gasteiger partial charge on any atom is -0.384 e. The Hall–Kier alpha value is -6.86. The summed E-state index contributed by atoms with van der Waals surface area (Å²) in [7, 11) is -7.69. The van der Waals surface area contributed by atoms with Crippen molar-refractivity contribution in [2.24, 2.45) is 0 Å². The van der Waals surface area contributed by atoms with Crippen molar-refractivity contribution < 1.29 is 26.3 Å². The second-order valence-corrected chi connectivity index (χ2v) is 18.4. The van der Waals surface area contributed by atoms with Crippen molar-refractivity contribution in [1.29, 1.82) is 0 Å². The van der Waals surface area contributed by atoms with Gasteiger partial charge in [-0.3, -0.25) is 0 Å². The van der Waals surface area contributed by atoms with Crippen LogP contribution in [-0.4, -0.2) is 86.1 Å². The van der Waals surface area contributed by atoms with Gasteiger partial charge in [0, 0.05) is 26.2 Å². The summed E-state index contributed by atoms with van der Waals surface area (Å²) in [4.78, 5) is 27.9. The minimum atomic E-state index is -3.84. The van der Waals surface area contributed by atoms with Gasteiger partial charge in [0.15, 0.2) is 11.6 Å². The SMILES string of the molecule is Nc1[nH]c2c(N3CCO[C@@H](c4ccccc4)C3)ncnc2c1S(=O)(=O)c1ccccc1.Nc1[nH]c2c(N3CCO[C@H](c4ccccc4)C3)ncnc2c1S(=O)(=O)c1ccccc1. The zero-order valence-electron chi connectivity index (χ0n) is 33.2. The molecule has 2 fully saturated rings. The topological polar surface area (TPSA) is 228 Å². The van der Waals surface area contributed by atoms with Crippen LogP contribution < -0.4 is 21.3 Å². The van der Waals surface area contributed by atoms with E-state index in [1.165, 1.54) is 12.7 Å². The van der Waals surface area contributed by atoms with Crippen LogP contribution in [-0.2, 0) is 29.1 Å². The van der Waals surface area contributed by atoms with E-state index in [0.717, 1.165) is 11.1 Å². The lowest BCUT2D eigenvalue weighted by Gasteiger charge is -2.34. The second-order valence-electron chi connectivity index (χ2n) is 14.6. The molecular formula is C44H42N10O6S2. The lowest BCUT2D eigenvalue weighted by atomic mass is 10.1. The number of aromatic nitrogens is 6. The van der Waals surface area contributed by atoms with E-state index in [2.05, 4.69) is 39.7 Å². The van der Waals surface area contributed by atoms with Gasteiger partial charge in [0.25, 0.3) is 0 Å². The molecule has 0 saturated carbocycles. The summed E-state index contributed by atoms with van der Waals surface area (Å²) >= 11 is 0. The summed E-state index contributed by atoms with van der Waals surface area (Å²) in [5.74, 6) is 1.31. The van der Waals surface area contributed by atoms with E-state index in [0.29, 0.717) is 62.1 Å². The van der Waals surface area contributed by atoms with Gasteiger partial charge < -0.3 is 40.7 Å². The molecule has 6 heterocycles. The van der Waals surface area contributed by atoms with Crippen LogP contribution in [0.1, 0.15) is 23.3 Å². The third kappa shape index (κ3) is 7.68. The molecule has 0 aliphatic carbocycles. The first-order chi connectivity index (χ1) is 30.1. The molecular weight excluding hydrogens is 829 g/mol. The van der Waals surface area contributed by atoms with Crippen LogP contribution in [0.5, 0.6) is 0 Å². The molecule has 0 bridgehead atoms. The number of nitrogen functional groups attached to an aromatic ring is 2. The number of rotatable bonds is 8. The van der Waals surface area contributed by atoms with Crippen molar-refractivity contribution in [1.82, 2.24) is 29.9 Å². The number of aromatic amines is 2. The monoisotopic (exact) mass is 870 g/mol. The van der Waals surface area contributed by atoms with Crippen molar-refractivity contribution in [2.75, 3.05) is 60.7 Å². The van der Waals surface area contributed by atoms with Gasteiger partial charge in [-0.05, 0) is 35.4 Å². The maximum Gasteiger partial charge on any atom is 0.212 e. The zero-order valence-corrected chi connectivity index (χ0v) is 34.8. The summed E-state index contributed by atoms with van der Waals surface area (Å²) < 4.78 is 64.9. The Morgan fingerprint density at radius 3 is 1.24 bits per heavy atom. The molecule has 8 aromatic rings. The largest absolute Gasteiger partial charge is 0.384 e. The first-order valence-corrected chi connectivity index (χ1v) is 22.8. The van der Waals surface area contributed by atoms with Gasteiger partial charge in [-0.2, -0.15) is 0 Å². The molecule has 62 heavy (non-hydrogen) atoms. The van der Waals surface area contributed by atoms with Crippen molar-refractivity contribution in [3.8, 4) is 0 Å². The maximum absolute atomic E-state index is 13.3. The molecule has 0 radical (unpaired) electrons. The molecule has 2 atom stereocenters. The number of hydrogen-bond donors (Lipinski definition) is 4. The minimum absolute atomic E-state index is 0.0229. The summed E-state index contributed by atoms with van der Waals surface area (Å²) in [6.45, 7) is 3.45. The lowest BCUT2D eigenvalue weighted by molar-refractivity contribution is 0.0395. The summed E-state index contributed by atoms with van der Waals surface area (Å²) in [5, 5.41) is 0. The van der Waals surface area contributed by atoms with Gasteiger partial charge in [-0.1, -0.05) is 97.1 Å². The molecule has 16 nitrogen and oxygen atoms in total. The number of anilines is 4. The highest BCUT2D eigenvalue weighted by molar-refractivity contribution is 7.92. The Labute approximate surface area is 357 Å². The van der Waals surface area contributed by atoms with Gasteiger partial charge in [0.1, 0.15) is 68.4 Å². The first-order valence-electron chi connectivity index (χ1n) is 19.8. The fourth-order valence-electron chi connectivity index (χ4n) is 7.85. The van der Waals surface area contributed by atoms with E-state index >= 15 is 0 Å². The number of nitrogens with one attached hydrogen (secondary N) is 2. The Morgan fingerprint density at radius 2 is 0.871 bits per heavy atom. The van der Waals surface area contributed by atoms with Gasteiger partial charge in [0.2, 0.25) is 19.7 Å². The predicted octanol–water partition coefficient (Wildman–Crippen LogP) is 5.90. The average molecular weight is 871 g/mol. The van der Waals surface area contributed by atoms with Gasteiger partial charge >= 0.3 is 0 Å². The van der Waals surface area contributed by atoms with Gasteiger partial charge in [-0.25, -0.2) is 36.8 Å². The van der Waals surface area contributed by atoms with Crippen LogP contribution in [0.25, 0.3) is 22.1 Å². The predicted molar refractivity (Wildman–Crippen MR) is 235 cm³/mol. The number of sulfone groups is 2. The molecule has 2 aliphatic heterocycles. The highest BCUT2D eigenvalue weighted by Crippen LogP contribution is 2.38. The van der Waals surface area contributed by atoms with Crippen LogP contribution >= 0.6 is 0 Å². The van der Waals surface area contributed by atoms with Crippen LogP contribution in [0.2, 0.25) is 0 Å². The van der Waals surface area contributed by atoms with Crippen LogP contribution in [0.4, 0.5) is 23.3 Å². The molecule has 4 aromatic carbocycles. The maximum atomic E-state index is 13.3. The van der Waals surface area contributed by atoms with Gasteiger partial charge in [-0.15, -0.1) is 0 Å². The second kappa shape index (κ2) is 16.9. The summed E-state index contributed by atoms with van der Waals surface area (Å²) in [6, 6.07) is 36.4. The Morgan fingerprint density at radius 1 is 0.516 bits per heavy atom. The molecule has 2 saturated heterocycles. The highest BCUT2D eigenvalue weighted by atomic mass is 32.2. The Bertz CT molecular complexity index is 2860. The van der Waals surface area contributed by atoms with Crippen molar-refractivity contribution in [3.05, 3.63) is 145 Å². The number of hydrogen-bond acceptors (Lipinski definition) is 14. The molecule has 2 aliphatic rings. The van der Waals surface area contributed by atoms with E-state index in [1.54, 1.807) is 60.7 Å². The van der Waals surface area contributed by atoms with Crippen molar-refractivity contribution in [2.45, 2.75) is 31.8 Å². The fourth-order valence-corrected chi connectivity index (χ4v) is 10.8. The number of morpholine rings is 2. The molecule has 0 spiro atoms. The number of nitrogens with two attached hydrogens (primary N) is 2. The molecule has 0 amide bonds. The zero-order chi connectivity index (χ0) is 42.8. The van der Waals surface area contributed by atoms with Crippen molar-refractivity contribution >= 4 is 65.0 Å². The highest BCUT2D eigenvalue weighted by Gasteiger charge is 2.32. The number of benzene rings is 4. The third-order valence-electron chi connectivity index (χ3n) is 10.8. The first kappa shape index (κ1) is 40.5. The van der Waals surface area contributed by atoms with Crippen molar-refractivity contribution in [3.63, 3.8) is 0 Å². The molecule has 0 unspecified atom stereocenters. The van der Waals surface area contributed by atoms with Crippen LogP contribution in [0.15, 0.2) is 154 Å². The summed E-state index contributed by atoms with van der Waals surface area (Å²) in [5.41, 5.74) is 16.0. The van der Waals surface area contributed by atoms with E-state index in [1.807, 2.05) is 60.7 Å². The number of nitrogens with zero attached hydrogens (tertiary/aromatic N) is 6. The fraction of sp³-hybridized carbons (Fsp3) is 0.182. The van der Waals surface area contributed by atoms with Gasteiger partial charge in [0.05, 0.1) is 23.0 Å². The van der Waals surface area contributed by atoms with E-state index in [4.69, 9.17) is 20.9 Å². The third-order valence-corrected chi connectivity index (χ3v) is 14.5.